The molecule has 1 atom stereocenters. The van der Waals surface area contributed by atoms with Gasteiger partial charge in [0.25, 0.3) is 0 Å². The summed E-state index contributed by atoms with van der Waals surface area (Å²) in [7, 11) is -3.69. The van der Waals surface area contributed by atoms with Crippen molar-refractivity contribution >= 4 is 21.6 Å². The Morgan fingerprint density at radius 3 is 2.50 bits per heavy atom. The van der Waals surface area contributed by atoms with Crippen LogP contribution in [0.2, 0.25) is 0 Å². The first-order valence-corrected chi connectivity index (χ1v) is 10.3. The van der Waals surface area contributed by atoms with Gasteiger partial charge in [-0.3, -0.25) is 4.79 Å². The molecule has 1 amide bonds. The lowest BCUT2D eigenvalue weighted by Gasteiger charge is -2.33. The first-order valence-electron chi connectivity index (χ1n) is 8.84. The van der Waals surface area contributed by atoms with Crippen LogP contribution in [0.3, 0.4) is 0 Å². The molecular weight excluding hydrogens is 348 g/mol. The Labute approximate surface area is 155 Å². The van der Waals surface area contributed by atoms with Crippen LogP contribution >= 0.6 is 0 Å². The van der Waals surface area contributed by atoms with Gasteiger partial charge in [0.2, 0.25) is 15.9 Å². The van der Waals surface area contributed by atoms with E-state index in [0.29, 0.717) is 13.0 Å². The molecule has 1 N–H and O–H groups in total. The van der Waals surface area contributed by atoms with Crippen molar-refractivity contribution in [3.8, 4) is 0 Å². The van der Waals surface area contributed by atoms with E-state index < -0.39 is 16.1 Å². The topological polar surface area (TPSA) is 66.5 Å². The molecule has 0 bridgehead atoms. The molecule has 0 spiro atoms. The Morgan fingerprint density at radius 1 is 1.08 bits per heavy atom. The Bertz CT molecular complexity index is 895. The van der Waals surface area contributed by atoms with E-state index in [0.717, 1.165) is 29.7 Å². The summed E-state index contributed by atoms with van der Waals surface area (Å²) in [6, 6.07) is 13.4. The number of nitrogens with zero attached hydrogens (tertiary/aromatic N) is 1. The average molecular weight is 372 g/mol. The minimum Gasteiger partial charge on any atom is -0.324 e. The number of hydrogen-bond acceptors (Lipinski definition) is 3. The Morgan fingerprint density at radius 2 is 1.81 bits per heavy atom. The van der Waals surface area contributed by atoms with Crippen molar-refractivity contribution in [2.24, 2.45) is 0 Å². The van der Waals surface area contributed by atoms with Crippen LogP contribution in [0, 0.1) is 13.8 Å². The number of benzene rings is 2. The molecule has 6 heteroatoms. The first-order chi connectivity index (χ1) is 12.4. The van der Waals surface area contributed by atoms with Crippen molar-refractivity contribution in [2.45, 2.75) is 44.0 Å². The number of sulfonamides is 1. The second-order valence-corrected chi connectivity index (χ2v) is 8.64. The maximum absolute atomic E-state index is 13.0. The Kier molecular flexibility index (Phi) is 5.44. The smallest absolute Gasteiger partial charge is 0.243 e. The van der Waals surface area contributed by atoms with Crippen LogP contribution in [0.5, 0.6) is 0 Å². The lowest BCUT2D eigenvalue weighted by Crippen LogP contribution is -2.49. The van der Waals surface area contributed by atoms with Gasteiger partial charge < -0.3 is 5.32 Å². The standard InChI is InChI=1S/C20H24N2O3S/c1-15-11-12-18(16(2)14-15)21-20(23)19-10-6-7-13-22(19)26(24,25)17-8-4-3-5-9-17/h3-5,8-9,11-12,14,19H,6-7,10,13H2,1-2H3,(H,21,23)/t19-/m0/s1. The predicted octanol–water partition coefficient (Wildman–Crippen LogP) is 3.49. The lowest BCUT2D eigenvalue weighted by molar-refractivity contribution is -0.120. The molecule has 0 saturated carbocycles. The normalized spacial score (nSPS) is 18.5. The van der Waals surface area contributed by atoms with Gasteiger partial charge in [-0.2, -0.15) is 4.31 Å². The zero-order valence-corrected chi connectivity index (χ0v) is 15.9. The average Bonchev–Trinajstić information content (AvgIpc) is 2.64. The first kappa shape index (κ1) is 18.6. The molecule has 3 rings (SSSR count). The fourth-order valence-electron chi connectivity index (χ4n) is 3.35. The van der Waals surface area contributed by atoms with E-state index in [-0.39, 0.29) is 10.8 Å². The van der Waals surface area contributed by atoms with Gasteiger partial charge in [-0.25, -0.2) is 8.42 Å². The van der Waals surface area contributed by atoms with Gasteiger partial charge in [-0.15, -0.1) is 0 Å². The number of nitrogens with one attached hydrogen (secondary N) is 1. The second kappa shape index (κ2) is 7.60. The highest BCUT2D eigenvalue weighted by molar-refractivity contribution is 7.89. The van der Waals surface area contributed by atoms with Crippen LogP contribution in [0.25, 0.3) is 0 Å². The van der Waals surface area contributed by atoms with Gasteiger partial charge in [-0.1, -0.05) is 42.3 Å². The summed E-state index contributed by atoms with van der Waals surface area (Å²) in [5.74, 6) is -0.267. The van der Waals surface area contributed by atoms with Gasteiger partial charge in [0.1, 0.15) is 6.04 Å². The summed E-state index contributed by atoms with van der Waals surface area (Å²) in [5, 5.41) is 2.92. The van der Waals surface area contributed by atoms with E-state index in [2.05, 4.69) is 5.32 Å². The number of carbonyl (C=O) groups excluding carboxylic acids is 1. The number of anilines is 1. The fourth-order valence-corrected chi connectivity index (χ4v) is 5.03. The summed E-state index contributed by atoms with van der Waals surface area (Å²) < 4.78 is 27.4. The van der Waals surface area contributed by atoms with Crippen LogP contribution in [0.4, 0.5) is 5.69 Å². The molecule has 138 valence electrons. The number of rotatable bonds is 4. The number of hydrogen-bond donors (Lipinski definition) is 1. The largest absolute Gasteiger partial charge is 0.324 e. The van der Waals surface area contributed by atoms with Crippen LogP contribution in [0.15, 0.2) is 53.4 Å². The zero-order valence-electron chi connectivity index (χ0n) is 15.1. The second-order valence-electron chi connectivity index (χ2n) is 6.75. The van der Waals surface area contributed by atoms with Crippen LogP contribution in [0.1, 0.15) is 30.4 Å². The van der Waals surface area contributed by atoms with Gasteiger partial charge in [0.15, 0.2) is 0 Å². The molecule has 1 heterocycles. The highest BCUT2D eigenvalue weighted by Gasteiger charge is 2.37. The third-order valence-electron chi connectivity index (χ3n) is 4.75. The Hall–Kier alpha value is -2.18. The van der Waals surface area contributed by atoms with Crippen LogP contribution in [-0.2, 0) is 14.8 Å². The van der Waals surface area contributed by atoms with E-state index in [4.69, 9.17) is 0 Å². The van der Waals surface area contributed by atoms with Crippen molar-refractivity contribution in [3.63, 3.8) is 0 Å². The summed E-state index contributed by atoms with van der Waals surface area (Å²) in [6.07, 6.45) is 2.13. The maximum Gasteiger partial charge on any atom is 0.243 e. The molecule has 0 aliphatic carbocycles. The van der Waals surface area contributed by atoms with Gasteiger partial charge in [-0.05, 0) is 50.5 Å². The van der Waals surface area contributed by atoms with Gasteiger partial charge in [0, 0.05) is 12.2 Å². The lowest BCUT2D eigenvalue weighted by atomic mass is 10.0. The zero-order chi connectivity index (χ0) is 18.7. The van der Waals surface area contributed by atoms with Crippen molar-refractivity contribution in [2.75, 3.05) is 11.9 Å². The van der Waals surface area contributed by atoms with E-state index in [1.54, 1.807) is 30.3 Å². The van der Waals surface area contributed by atoms with Crippen LogP contribution < -0.4 is 5.32 Å². The SMILES string of the molecule is Cc1ccc(NC(=O)[C@@H]2CCCCN2S(=O)(=O)c2ccccc2)c(C)c1. The number of aryl methyl sites for hydroxylation is 2. The molecule has 2 aromatic rings. The molecule has 1 aliphatic rings. The summed E-state index contributed by atoms with van der Waals surface area (Å²) in [4.78, 5) is 13.1. The third-order valence-corrected chi connectivity index (χ3v) is 6.67. The molecule has 0 radical (unpaired) electrons. The van der Waals surface area contributed by atoms with E-state index in [1.807, 2.05) is 32.0 Å². The molecule has 0 unspecified atom stereocenters. The monoisotopic (exact) mass is 372 g/mol. The highest BCUT2D eigenvalue weighted by atomic mass is 32.2. The molecule has 26 heavy (non-hydrogen) atoms. The third kappa shape index (κ3) is 3.81. The van der Waals surface area contributed by atoms with Crippen molar-refractivity contribution in [1.29, 1.82) is 0 Å². The van der Waals surface area contributed by atoms with Crippen LogP contribution in [-0.4, -0.2) is 31.2 Å². The number of amides is 1. The minimum absolute atomic E-state index is 0.228. The van der Waals surface area contributed by atoms with E-state index >= 15 is 0 Å². The summed E-state index contributed by atoms with van der Waals surface area (Å²) in [5.41, 5.74) is 2.81. The predicted molar refractivity (Wildman–Crippen MR) is 103 cm³/mol. The minimum atomic E-state index is -3.69. The quantitative estimate of drug-likeness (QED) is 0.893. The van der Waals surface area contributed by atoms with Crippen molar-refractivity contribution in [1.82, 2.24) is 4.31 Å². The number of carbonyl (C=O) groups is 1. The molecule has 1 aliphatic heterocycles. The molecular formula is C20H24N2O3S. The van der Waals surface area contributed by atoms with Crippen molar-refractivity contribution in [3.05, 3.63) is 59.7 Å². The fraction of sp³-hybridized carbons (Fsp3) is 0.350. The maximum atomic E-state index is 13.0. The van der Waals surface area contributed by atoms with Crippen molar-refractivity contribution < 1.29 is 13.2 Å². The molecule has 5 nitrogen and oxygen atoms in total. The van der Waals surface area contributed by atoms with Gasteiger partial charge in [0.05, 0.1) is 4.90 Å². The van der Waals surface area contributed by atoms with E-state index in [1.165, 1.54) is 4.31 Å². The molecule has 0 aromatic heterocycles. The van der Waals surface area contributed by atoms with Gasteiger partial charge >= 0.3 is 0 Å². The molecule has 1 saturated heterocycles. The Balaban J connectivity index is 1.86. The highest BCUT2D eigenvalue weighted by Crippen LogP contribution is 2.27. The van der Waals surface area contributed by atoms with E-state index in [9.17, 15) is 13.2 Å². The number of piperidine rings is 1. The molecule has 1 fully saturated rings. The summed E-state index contributed by atoms with van der Waals surface area (Å²) in [6.45, 7) is 4.29. The summed E-state index contributed by atoms with van der Waals surface area (Å²) >= 11 is 0. The molecule has 2 aromatic carbocycles.